The van der Waals surface area contributed by atoms with Crippen molar-refractivity contribution >= 4 is 17.3 Å². The van der Waals surface area contributed by atoms with Crippen molar-refractivity contribution in [3.8, 4) is 0 Å². The highest BCUT2D eigenvalue weighted by Gasteiger charge is 2.46. The summed E-state index contributed by atoms with van der Waals surface area (Å²) in [5.74, 6) is 0.885. The molecular weight excluding hydrogens is 244 g/mol. The number of nitrogens with zero attached hydrogens (tertiary/aromatic N) is 2. The molecule has 0 spiro atoms. The van der Waals surface area contributed by atoms with Crippen molar-refractivity contribution < 1.29 is 0 Å². The standard InChI is InChI=1S/C13H22N4S/c1-8-10(18-9(2)16-8)7-15-12(14-5)17-11-6-13(11,3)4/h11H,6-7H2,1-5H3,(H2,14,15,17). The average molecular weight is 266 g/mol. The van der Waals surface area contributed by atoms with Gasteiger partial charge in [0, 0.05) is 18.0 Å². The number of guanidine groups is 1. The van der Waals surface area contributed by atoms with Crippen molar-refractivity contribution in [2.24, 2.45) is 10.4 Å². The Kier molecular flexibility index (Phi) is 3.61. The first-order chi connectivity index (χ1) is 8.42. The van der Waals surface area contributed by atoms with Gasteiger partial charge in [-0.25, -0.2) is 4.98 Å². The minimum atomic E-state index is 0.411. The summed E-state index contributed by atoms with van der Waals surface area (Å²) in [4.78, 5) is 9.98. The van der Waals surface area contributed by atoms with Crippen molar-refractivity contribution in [2.75, 3.05) is 7.05 Å². The molecule has 1 atom stereocenters. The fraction of sp³-hybridized carbons (Fsp3) is 0.692. The third-order valence-electron chi connectivity index (χ3n) is 3.46. The SMILES string of the molecule is CN=C(NCc1sc(C)nc1C)NC1CC1(C)C. The van der Waals surface area contributed by atoms with Crippen molar-refractivity contribution in [3.63, 3.8) is 0 Å². The van der Waals surface area contributed by atoms with Crippen LogP contribution in [-0.4, -0.2) is 24.0 Å². The number of aliphatic imine (C=N–C) groups is 1. The maximum Gasteiger partial charge on any atom is 0.191 e. The molecule has 18 heavy (non-hydrogen) atoms. The predicted octanol–water partition coefficient (Wildman–Crippen LogP) is 2.22. The highest BCUT2D eigenvalue weighted by molar-refractivity contribution is 7.11. The van der Waals surface area contributed by atoms with Crippen molar-refractivity contribution in [1.82, 2.24) is 15.6 Å². The Morgan fingerprint density at radius 1 is 1.50 bits per heavy atom. The van der Waals surface area contributed by atoms with Gasteiger partial charge in [0.1, 0.15) is 0 Å². The highest BCUT2D eigenvalue weighted by atomic mass is 32.1. The summed E-state index contributed by atoms with van der Waals surface area (Å²) < 4.78 is 0. The van der Waals surface area contributed by atoms with E-state index >= 15 is 0 Å². The molecule has 1 aliphatic carbocycles. The number of thiazole rings is 1. The van der Waals surface area contributed by atoms with Gasteiger partial charge >= 0.3 is 0 Å². The van der Waals surface area contributed by atoms with Crippen molar-refractivity contribution in [1.29, 1.82) is 0 Å². The van der Waals surface area contributed by atoms with Gasteiger partial charge in [-0.05, 0) is 25.7 Å². The summed E-state index contributed by atoms with van der Waals surface area (Å²) >= 11 is 1.74. The molecule has 1 aromatic heterocycles. The summed E-state index contributed by atoms with van der Waals surface area (Å²) in [6, 6.07) is 0.549. The van der Waals surface area contributed by atoms with Crippen molar-refractivity contribution in [2.45, 2.75) is 46.7 Å². The lowest BCUT2D eigenvalue weighted by Crippen LogP contribution is -2.39. The van der Waals surface area contributed by atoms with Crippen LogP contribution >= 0.6 is 11.3 Å². The molecule has 100 valence electrons. The van der Waals surface area contributed by atoms with E-state index < -0.39 is 0 Å². The van der Waals surface area contributed by atoms with Crippen LogP contribution in [0, 0.1) is 19.3 Å². The highest BCUT2D eigenvalue weighted by Crippen LogP contribution is 2.44. The maximum atomic E-state index is 4.43. The van der Waals surface area contributed by atoms with E-state index in [9.17, 15) is 0 Å². The summed E-state index contributed by atoms with van der Waals surface area (Å²) in [6.45, 7) is 9.44. The van der Waals surface area contributed by atoms with Crippen LogP contribution in [0.25, 0.3) is 0 Å². The monoisotopic (exact) mass is 266 g/mol. The average Bonchev–Trinajstić information content (AvgIpc) is 2.74. The van der Waals surface area contributed by atoms with E-state index in [-0.39, 0.29) is 0 Å². The van der Waals surface area contributed by atoms with E-state index in [4.69, 9.17) is 0 Å². The minimum absolute atomic E-state index is 0.411. The molecule has 2 N–H and O–H groups in total. The number of aryl methyl sites for hydroxylation is 2. The second-order valence-electron chi connectivity index (χ2n) is 5.56. The van der Waals surface area contributed by atoms with E-state index in [0.717, 1.165) is 23.2 Å². The smallest absolute Gasteiger partial charge is 0.191 e. The maximum absolute atomic E-state index is 4.43. The third kappa shape index (κ3) is 3.02. The van der Waals surface area contributed by atoms with Gasteiger partial charge in [0.25, 0.3) is 0 Å². The lowest BCUT2D eigenvalue weighted by Gasteiger charge is -2.12. The zero-order valence-corrected chi connectivity index (χ0v) is 12.6. The van der Waals surface area contributed by atoms with Gasteiger partial charge in [-0.15, -0.1) is 11.3 Å². The van der Waals surface area contributed by atoms with Crippen LogP contribution in [-0.2, 0) is 6.54 Å². The van der Waals surface area contributed by atoms with Gasteiger partial charge < -0.3 is 10.6 Å². The van der Waals surface area contributed by atoms with Crippen LogP contribution in [0.5, 0.6) is 0 Å². The number of nitrogens with one attached hydrogen (secondary N) is 2. The Balaban J connectivity index is 1.87. The van der Waals surface area contributed by atoms with Crippen LogP contribution in [0.15, 0.2) is 4.99 Å². The largest absolute Gasteiger partial charge is 0.353 e. The zero-order valence-electron chi connectivity index (χ0n) is 11.8. The van der Waals surface area contributed by atoms with E-state index in [1.807, 2.05) is 14.0 Å². The molecule has 0 amide bonds. The van der Waals surface area contributed by atoms with Crippen LogP contribution < -0.4 is 10.6 Å². The number of hydrogen-bond donors (Lipinski definition) is 2. The number of hydrogen-bond acceptors (Lipinski definition) is 3. The predicted molar refractivity (Wildman–Crippen MR) is 77.1 cm³/mol. The van der Waals surface area contributed by atoms with Crippen LogP contribution in [0.1, 0.15) is 35.8 Å². The topological polar surface area (TPSA) is 49.3 Å². The summed E-state index contributed by atoms with van der Waals surface area (Å²) in [5.41, 5.74) is 1.53. The molecule has 5 heteroatoms. The molecular formula is C13H22N4S. The Hall–Kier alpha value is -1.10. The van der Waals surface area contributed by atoms with E-state index in [0.29, 0.717) is 11.5 Å². The zero-order chi connectivity index (χ0) is 13.3. The van der Waals surface area contributed by atoms with Crippen LogP contribution in [0.2, 0.25) is 0 Å². The molecule has 1 unspecified atom stereocenters. The Bertz CT molecular complexity index is 462. The van der Waals surface area contributed by atoms with Gasteiger partial charge in [0.2, 0.25) is 0 Å². The molecule has 1 saturated carbocycles. The Morgan fingerprint density at radius 2 is 2.17 bits per heavy atom. The molecule has 0 aromatic carbocycles. The second kappa shape index (κ2) is 4.88. The third-order valence-corrected chi connectivity index (χ3v) is 4.54. The normalized spacial score (nSPS) is 21.8. The first kappa shape index (κ1) is 13.3. The molecule has 2 rings (SSSR count). The van der Waals surface area contributed by atoms with Gasteiger partial charge in [-0.1, -0.05) is 13.8 Å². The molecule has 0 bridgehead atoms. The molecule has 1 aliphatic rings. The second-order valence-corrected chi connectivity index (χ2v) is 6.84. The molecule has 4 nitrogen and oxygen atoms in total. The lowest BCUT2D eigenvalue weighted by molar-refractivity contribution is 0.589. The van der Waals surface area contributed by atoms with Crippen molar-refractivity contribution in [3.05, 3.63) is 15.6 Å². The van der Waals surface area contributed by atoms with Gasteiger partial charge in [0.05, 0.1) is 17.2 Å². The van der Waals surface area contributed by atoms with Crippen LogP contribution in [0.4, 0.5) is 0 Å². The lowest BCUT2D eigenvalue weighted by atomic mass is 10.2. The Labute approximate surface area is 113 Å². The van der Waals surface area contributed by atoms with Gasteiger partial charge in [-0.3, -0.25) is 4.99 Å². The molecule has 0 saturated heterocycles. The van der Waals surface area contributed by atoms with Crippen LogP contribution in [0.3, 0.4) is 0 Å². The molecule has 0 aliphatic heterocycles. The number of aromatic nitrogens is 1. The molecule has 1 aromatic rings. The summed E-state index contributed by atoms with van der Waals surface area (Å²) in [5, 5.41) is 7.93. The number of rotatable bonds is 3. The van der Waals surface area contributed by atoms with Gasteiger partial charge in [-0.2, -0.15) is 0 Å². The molecule has 1 heterocycles. The molecule has 0 radical (unpaired) electrons. The molecule has 1 fully saturated rings. The summed E-state index contributed by atoms with van der Waals surface area (Å²) in [6.07, 6.45) is 1.21. The fourth-order valence-corrected chi connectivity index (χ4v) is 2.85. The van der Waals surface area contributed by atoms with E-state index in [2.05, 4.69) is 41.4 Å². The minimum Gasteiger partial charge on any atom is -0.353 e. The van der Waals surface area contributed by atoms with Gasteiger partial charge in [0.15, 0.2) is 5.96 Å². The van der Waals surface area contributed by atoms with E-state index in [1.54, 1.807) is 11.3 Å². The first-order valence-corrected chi connectivity index (χ1v) is 7.14. The fourth-order valence-electron chi connectivity index (χ4n) is 1.97. The summed E-state index contributed by atoms with van der Waals surface area (Å²) in [7, 11) is 1.81. The Morgan fingerprint density at radius 3 is 2.61 bits per heavy atom. The quantitative estimate of drug-likeness (QED) is 0.651. The van der Waals surface area contributed by atoms with E-state index in [1.165, 1.54) is 11.3 Å². The first-order valence-electron chi connectivity index (χ1n) is 6.32.